The van der Waals surface area contributed by atoms with E-state index in [1.165, 1.54) is 7.11 Å². The Morgan fingerprint density at radius 1 is 1.17 bits per heavy atom. The third-order valence-electron chi connectivity index (χ3n) is 5.29. The number of methoxy groups -OCH3 is 2. The summed E-state index contributed by atoms with van der Waals surface area (Å²) in [5, 5.41) is 6.78. The predicted molar refractivity (Wildman–Crippen MR) is 109 cm³/mol. The van der Waals surface area contributed by atoms with Gasteiger partial charge in [0, 0.05) is 6.07 Å². The molecule has 1 aromatic heterocycles. The summed E-state index contributed by atoms with van der Waals surface area (Å²) in [6, 6.07) is 4.79. The van der Waals surface area contributed by atoms with Crippen LogP contribution < -0.4 is 14.8 Å². The lowest BCUT2D eigenvalue weighted by atomic mass is 9.94. The quantitative estimate of drug-likeness (QED) is 0.466. The first kappa shape index (κ1) is 21.6. The molecule has 162 valence electrons. The molecule has 1 atom stereocenters. The molecule has 1 fully saturated rings. The zero-order valence-corrected chi connectivity index (χ0v) is 17.9. The highest BCUT2D eigenvalue weighted by Crippen LogP contribution is 2.32. The molecular weight excluding hydrogens is 388 g/mol. The van der Waals surface area contributed by atoms with E-state index in [0.29, 0.717) is 29.3 Å². The summed E-state index contributed by atoms with van der Waals surface area (Å²) in [7, 11) is 3.10. The van der Waals surface area contributed by atoms with Crippen LogP contribution in [0.5, 0.6) is 11.5 Å². The third-order valence-corrected chi connectivity index (χ3v) is 5.29. The van der Waals surface area contributed by atoms with Gasteiger partial charge in [0.15, 0.2) is 0 Å². The third kappa shape index (κ3) is 4.39. The number of unbranched alkanes of at least 4 members (excludes halogenated alkanes) is 3. The van der Waals surface area contributed by atoms with E-state index in [-0.39, 0.29) is 18.3 Å². The average molecular weight is 416 g/mol. The van der Waals surface area contributed by atoms with E-state index in [2.05, 4.69) is 22.4 Å². The molecule has 1 aromatic carbocycles. The van der Waals surface area contributed by atoms with Gasteiger partial charge in [-0.05, 0) is 25.5 Å². The molecule has 3 amide bonds. The Bertz CT molecular complexity index is 913. The molecule has 9 heteroatoms. The normalized spacial score (nSPS) is 18.6. The first-order chi connectivity index (χ1) is 14.4. The highest BCUT2D eigenvalue weighted by molar-refractivity contribution is 6.06. The largest absolute Gasteiger partial charge is 0.497 e. The molecule has 1 aliphatic rings. The number of carbonyl (C=O) groups is 2. The summed E-state index contributed by atoms with van der Waals surface area (Å²) >= 11 is 0. The van der Waals surface area contributed by atoms with Crippen LogP contribution in [-0.4, -0.2) is 46.7 Å². The molecule has 1 N–H and O–H groups in total. The Balaban J connectivity index is 1.71. The molecule has 9 nitrogen and oxygen atoms in total. The van der Waals surface area contributed by atoms with E-state index in [0.717, 1.165) is 30.6 Å². The second kappa shape index (κ2) is 9.15. The number of nitrogens with one attached hydrogen (secondary N) is 1. The number of urea groups is 1. The van der Waals surface area contributed by atoms with E-state index < -0.39 is 11.6 Å². The molecule has 0 radical (unpaired) electrons. The van der Waals surface area contributed by atoms with Gasteiger partial charge in [0.25, 0.3) is 5.91 Å². The van der Waals surface area contributed by atoms with Crippen LogP contribution in [0.4, 0.5) is 4.79 Å². The number of hydrogen-bond acceptors (Lipinski definition) is 7. The number of aromatic nitrogens is 2. The fourth-order valence-corrected chi connectivity index (χ4v) is 3.51. The highest BCUT2D eigenvalue weighted by atomic mass is 16.5. The van der Waals surface area contributed by atoms with E-state index >= 15 is 0 Å². The predicted octanol–water partition coefficient (Wildman–Crippen LogP) is 3.53. The van der Waals surface area contributed by atoms with Gasteiger partial charge in [-0.15, -0.1) is 0 Å². The monoisotopic (exact) mass is 416 g/mol. The Hall–Kier alpha value is -3.10. The van der Waals surface area contributed by atoms with Crippen LogP contribution in [0, 0.1) is 0 Å². The maximum atomic E-state index is 12.9. The molecule has 1 aliphatic heterocycles. The molecule has 0 bridgehead atoms. The summed E-state index contributed by atoms with van der Waals surface area (Å²) in [5.41, 5.74) is -0.279. The number of hydrogen-bond donors (Lipinski definition) is 1. The van der Waals surface area contributed by atoms with Crippen LogP contribution in [0.1, 0.15) is 51.8 Å². The second-order valence-electron chi connectivity index (χ2n) is 7.54. The van der Waals surface area contributed by atoms with Crippen LogP contribution >= 0.6 is 0 Å². The Morgan fingerprint density at radius 2 is 1.97 bits per heavy atom. The number of nitrogens with zero attached hydrogens (tertiary/aromatic N) is 3. The van der Waals surface area contributed by atoms with Gasteiger partial charge >= 0.3 is 6.03 Å². The fourth-order valence-electron chi connectivity index (χ4n) is 3.51. The summed E-state index contributed by atoms with van der Waals surface area (Å²) in [6.07, 6.45) is 4.74. The Morgan fingerprint density at radius 3 is 2.67 bits per heavy atom. The van der Waals surface area contributed by atoms with Crippen molar-refractivity contribution in [3.63, 3.8) is 0 Å². The maximum Gasteiger partial charge on any atom is 0.325 e. The number of carbonyl (C=O) groups excluding carboxylic acids is 2. The van der Waals surface area contributed by atoms with Crippen molar-refractivity contribution in [2.24, 2.45) is 0 Å². The lowest BCUT2D eigenvalue weighted by Crippen LogP contribution is -2.43. The summed E-state index contributed by atoms with van der Waals surface area (Å²) in [6.45, 7) is 3.81. The van der Waals surface area contributed by atoms with Gasteiger partial charge in [-0.2, -0.15) is 4.98 Å². The molecule has 0 spiro atoms. The first-order valence-corrected chi connectivity index (χ1v) is 10.1. The van der Waals surface area contributed by atoms with Crippen molar-refractivity contribution in [3.8, 4) is 22.9 Å². The maximum absolute atomic E-state index is 12.9. The van der Waals surface area contributed by atoms with E-state index in [1.807, 2.05) is 0 Å². The van der Waals surface area contributed by atoms with Crippen LogP contribution in [0.25, 0.3) is 11.4 Å². The van der Waals surface area contributed by atoms with Crippen molar-refractivity contribution in [1.29, 1.82) is 0 Å². The topological polar surface area (TPSA) is 107 Å². The van der Waals surface area contributed by atoms with Crippen LogP contribution in [-0.2, 0) is 11.3 Å². The number of benzene rings is 1. The molecule has 3 rings (SSSR count). The lowest BCUT2D eigenvalue weighted by molar-refractivity contribution is -0.131. The molecule has 2 aromatic rings. The second-order valence-corrected chi connectivity index (χ2v) is 7.54. The smallest absolute Gasteiger partial charge is 0.325 e. The summed E-state index contributed by atoms with van der Waals surface area (Å²) in [5.74, 6) is 1.36. The van der Waals surface area contributed by atoms with E-state index in [4.69, 9.17) is 14.0 Å². The van der Waals surface area contributed by atoms with E-state index in [9.17, 15) is 9.59 Å². The zero-order valence-electron chi connectivity index (χ0n) is 17.9. The van der Waals surface area contributed by atoms with Crippen LogP contribution in [0.3, 0.4) is 0 Å². The molecular formula is C21H28N4O5. The number of ether oxygens (including phenoxy) is 2. The van der Waals surface area contributed by atoms with Gasteiger partial charge in [0.1, 0.15) is 23.6 Å². The minimum absolute atomic E-state index is 0.0827. The molecule has 2 heterocycles. The first-order valence-electron chi connectivity index (χ1n) is 10.1. The van der Waals surface area contributed by atoms with Crippen molar-refractivity contribution in [2.75, 3.05) is 14.2 Å². The van der Waals surface area contributed by atoms with Crippen LogP contribution in [0.15, 0.2) is 22.7 Å². The highest BCUT2D eigenvalue weighted by Gasteiger charge is 2.47. The number of amides is 3. The van der Waals surface area contributed by atoms with Gasteiger partial charge in [0.2, 0.25) is 11.7 Å². The van der Waals surface area contributed by atoms with Crippen molar-refractivity contribution in [3.05, 3.63) is 24.1 Å². The SMILES string of the molecule is CCCCCCC1(C)NC(=O)N(Cc2nc(-c3ccc(OC)cc3OC)no2)C1=O. The van der Waals surface area contributed by atoms with Gasteiger partial charge in [-0.25, -0.2) is 4.79 Å². The van der Waals surface area contributed by atoms with Crippen molar-refractivity contribution in [1.82, 2.24) is 20.4 Å². The Labute approximate surface area is 175 Å². The number of rotatable bonds is 10. The van der Waals surface area contributed by atoms with Gasteiger partial charge in [0.05, 0.1) is 19.8 Å². The van der Waals surface area contributed by atoms with Crippen molar-refractivity contribution < 1.29 is 23.6 Å². The minimum Gasteiger partial charge on any atom is -0.497 e. The van der Waals surface area contributed by atoms with Crippen molar-refractivity contribution >= 4 is 11.9 Å². The minimum atomic E-state index is -0.896. The molecule has 30 heavy (non-hydrogen) atoms. The molecule has 1 unspecified atom stereocenters. The standard InChI is InChI=1S/C21H28N4O5/c1-5-6-7-8-11-21(2)19(26)25(20(27)23-21)13-17-22-18(24-30-17)15-10-9-14(28-3)12-16(15)29-4/h9-10,12H,5-8,11,13H2,1-4H3,(H,23,27). The summed E-state index contributed by atoms with van der Waals surface area (Å²) in [4.78, 5) is 30.8. The Kier molecular flexibility index (Phi) is 6.59. The fraction of sp³-hybridized carbons (Fsp3) is 0.524. The van der Waals surface area contributed by atoms with Gasteiger partial charge in [-0.1, -0.05) is 37.8 Å². The molecule has 1 saturated heterocycles. The summed E-state index contributed by atoms with van der Waals surface area (Å²) < 4.78 is 15.9. The van der Waals surface area contributed by atoms with Crippen molar-refractivity contribution in [2.45, 2.75) is 58.0 Å². The van der Waals surface area contributed by atoms with E-state index in [1.54, 1.807) is 32.2 Å². The molecule has 0 aliphatic carbocycles. The number of imide groups is 1. The zero-order chi connectivity index (χ0) is 21.7. The van der Waals surface area contributed by atoms with Crippen LogP contribution in [0.2, 0.25) is 0 Å². The average Bonchev–Trinajstić information content (AvgIpc) is 3.29. The van der Waals surface area contributed by atoms with Gasteiger partial charge in [-0.3, -0.25) is 9.69 Å². The van der Waals surface area contributed by atoms with Gasteiger partial charge < -0.3 is 19.3 Å². The molecule has 0 saturated carbocycles. The lowest BCUT2D eigenvalue weighted by Gasteiger charge is -2.21.